The molecule has 0 unspecified atom stereocenters. The smallest absolute Gasteiger partial charge is 0.255 e. The lowest BCUT2D eigenvalue weighted by molar-refractivity contribution is 0.0952. The molecule has 24 heavy (non-hydrogen) atoms. The van der Waals surface area contributed by atoms with E-state index >= 15 is 0 Å². The van der Waals surface area contributed by atoms with Crippen LogP contribution in [0, 0.1) is 0 Å². The van der Waals surface area contributed by atoms with E-state index in [1.165, 1.54) is 25.3 Å². The maximum absolute atomic E-state index is 12.5. The van der Waals surface area contributed by atoms with E-state index in [1.54, 1.807) is 6.92 Å². The van der Waals surface area contributed by atoms with Gasteiger partial charge in [0.15, 0.2) is 0 Å². The Morgan fingerprint density at radius 1 is 1.12 bits per heavy atom. The molecule has 1 amide bonds. The highest BCUT2D eigenvalue weighted by Gasteiger charge is 2.19. The highest BCUT2D eigenvalue weighted by Crippen LogP contribution is 2.22. The number of hydrogen-bond acceptors (Lipinski definition) is 4. The van der Waals surface area contributed by atoms with E-state index in [-0.39, 0.29) is 22.9 Å². The Hall–Kier alpha value is -2.38. The van der Waals surface area contributed by atoms with Gasteiger partial charge in [0.25, 0.3) is 5.91 Å². The van der Waals surface area contributed by atoms with Gasteiger partial charge in [-0.25, -0.2) is 13.1 Å². The molecule has 0 spiro atoms. The Kier molecular flexibility index (Phi) is 5.94. The van der Waals surface area contributed by atoms with E-state index in [9.17, 15) is 13.2 Å². The summed E-state index contributed by atoms with van der Waals surface area (Å²) in [6.45, 7) is 2.39. The number of methoxy groups -OCH3 is 1. The average molecular weight is 348 g/mol. The summed E-state index contributed by atoms with van der Waals surface area (Å²) in [6, 6.07) is 13.4. The second-order valence-corrected chi connectivity index (χ2v) is 6.80. The summed E-state index contributed by atoms with van der Waals surface area (Å²) < 4.78 is 32.6. The number of nitrogens with one attached hydrogen (secondary N) is 2. The summed E-state index contributed by atoms with van der Waals surface area (Å²) >= 11 is 0. The number of rotatable bonds is 7. The predicted molar refractivity (Wildman–Crippen MR) is 91.5 cm³/mol. The van der Waals surface area contributed by atoms with Crippen LogP contribution in [0.2, 0.25) is 0 Å². The zero-order chi connectivity index (χ0) is 17.6. The highest BCUT2D eigenvalue weighted by atomic mass is 32.2. The number of carbonyl (C=O) groups is 1. The minimum atomic E-state index is -3.74. The topological polar surface area (TPSA) is 84.5 Å². The van der Waals surface area contributed by atoms with Crippen LogP contribution in [0.25, 0.3) is 0 Å². The molecule has 0 radical (unpaired) electrons. The standard InChI is InChI=1S/C17H20N2O4S/c1-3-18-17(20)15-11-14(9-10-16(15)23-2)24(21,22)19-12-13-7-5-4-6-8-13/h4-11,19H,3,12H2,1-2H3,(H,18,20). The summed E-state index contributed by atoms with van der Waals surface area (Å²) in [5, 5.41) is 2.64. The molecule has 7 heteroatoms. The molecule has 6 nitrogen and oxygen atoms in total. The number of ether oxygens (including phenoxy) is 1. The molecule has 0 bridgehead atoms. The number of amides is 1. The van der Waals surface area contributed by atoms with Crippen LogP contribution < -0.4 is 14.8 Å². The Balaban J connectivity index is 2.26. The van der Waals surface area contributed by atoms with Gasteiger partial charge in [-0.3, -0.25) is 4.79 Å². The van der Waals surface area contributed by atoms with Gasteiger partial charge in [-0.1, -0.05) is 30.3 Å². The minimum Gasteiger partial charge on any atom is -0.496 e. The van der Waals surface area contributed by atoms with Crippen LogP contribution in [0.15, 0.2) is 53.4 Å². The number of sulfonamides is 1. The lowest BCUT2D eigenvalue weighted by Gasteiger charge is -2.12. The van der Waals surface area contributed by atoms with Gasteiger partial charge in [-0.2, -0.15) is 0 Å². The fraction of sp³-hybridized carbons (Fsp3) is 0.235. The Bertz CT molecular complexity index is 805. The van der Waals surface area contributed by atoms with Gasteiger partial charge in [-0.15, -0.1) is 0 Å². The van der Waals surface area contributed by atoms with E-state index in [0.717, 1.165) is 5.56 Å². The summed E-state index contributed by atoms with van der Waals surface area (Å²) in [7, 11) is -2.31. The second-order valence-electron chi connectivity index (χ2n) is 5.03. The van der Waals surface area contributed by atoms with Gasteiger partial charge in [-0.05, 0) is 30.7 Å². The van der Waals surface area contributed by atoms with Crippen molar-refractivity contribution in [2.75, 3.05) is 13.7 Å². The molecule has 0 aliphatic carbocycles. The van der Waals surface area contributed by atoms with Crippen molar-refractivity contribution < 1.29 is 17.9 Å². The number of carbonyl (C=O) groups excluding carboxylic acids is 1. The SMILES string of the molecule is CCNC(=O)c1cc(S(=O)(=O)NCc2ccccc2)ccc1OC. The molecule has 2 aromatic carbocycles. The third kappa shape index (κ3) is 4.33. The Morgan fingerprint density at radius 2 is 1.83 bits per heavy atom. The average Bonchev–Trinajstić information content (AvgIpc) is 2.60. The first-order valence-corrected chi connectivity index (χ1v) is 8.96. The summed E-state index contributed by atoms with van der Waals surface area (Å²) in [4.78, 5) is 12.1. The fourth-order valence-electron chi connectivity index (χ4n) is 2.15. The van der Waals surface area contributed by atoms with Crippen LogP contribution in [0.3, 0.4) is 0 Å². The first kappa shape index (κ1) is 18.0. The van der Waals surface area contributed by atoms with Gasteiger partial charge in [0.1, 0.15) is 5.75 Å². The third-order valence-corrected chi connectivity index (χ3v) is 4.77. The maximum Gasteiger partial charge on any atom is 0.255 e. The van der Waals surface area contributed by atoms with E-state index in [2.05, 4.69) is 10.0 Å². The van der Waals surface area contributed by atoms with Gasteiger partial charge >= 0.3 is 0 Å². The van der Waals surface area contributed by atoms with Crippen LogP contribution in [0.1, 0.15) is 22.8 Å². The molecule has 0 fully saturated rings. The predicted octanol–water partition coefficient (Wildman–Crippen LogP) is 1.92. The van der Waals surface area contributed by atoms with E-state index in [4.69, 9.17) is 4.74 Å². The molecule has 2 rings (SSSR count). The third-order valence-electron chi connectivity index (χ3n) is 3.37. The summed E-state index contributed by atoms with van der Waals surface area (Å²) in [5.74, 6) is -0.0579. The van der Waals surface area contributed by atoms with E-state index in [1.807, 2.05) is 30.3 Å². The molecular weight excluding hydrogens is 328 g/mol. The van der Waals surface area contributed by atoms with Crippen molar-refractivity contribution in [2.24, 2.45) is 0 Å². The van der Waals surface area contributed by atoms with E-state index < -0.39 is 10.0 Å². The molecule has 0 atom stereocenters. The first-order valence-electron chi connectivity index (χ1n) is 7.47. The summed E-state index contributed by atoms with van der Waals surface area (Å²) in [6.07, 6.45) is 0. The van der Waals surface area contributed by atoms with Crippen molar-refractivity contribution >= 4 is 15.9 Å². The highest BCUT2D eigenvalue weighted by molar-refractivity contribution is 7.89. The number of benzene rings is 2. The molecule has 0 saturated carbocycles. The van der Waals surface area contributed by atoms with Crippen molar-refractivity contribution in [3.8, 4) is 5.75 Å². The van der Waals surface area contributed by atoms with Crippen LogP contribution in [0.5, 0.6) is 5.75 Å². The monoisotopic (exact) mass is 348 g/mol. The lowest BCUT2D eigenvalue weighted by Crippen LogP contribution is -2.26. The quantitative estimate of drug-likeness (QED) is 0.801. The van der Waals surface area contributed by atoms with Crippen LogP contribution >= 0.6 is 0 Å². The molecular formula is C17H20N2O4S. The van der Waals surface area contributed by atoms with Gasteiger partial charge in [0.2, 0.25) is 10.0 Å². The second kappa shape index (κ2) is 7.94. The number of hydrogen-bond donors (Lipinski definition) is 2. The van der Waals surface area contributed by atoms with Crippen LogP contribution in [-0.2, 0) is 16.6 Å². The van der Waals surface area contributed by atoms with Gasteiger partial charge in [0.05, 0.1) is 17.6 Å². The molecule has 0 aromatic heterocycles. The van der Waals surface area contributed by atoms with Gasteiger partial charge < -0.3 is 10.1 Å². The van der Waals surface area contributed by atoms with Crippen LogP contribution in [-0.4, -0.2) is 28.0 Å². The molecule has 0 heterocycles. The minimum absolute atomic E-state index is 0.0143. The van der Waals surface area contributed by atoms with Crippen molar-refractivity contribution in [2.45, 2.75) is 18.4 Å². The normalized spacial score (nSPS) is 11.1. The zero-order valence-electron chi connectivity index (χ0n) is 13.6. The molecule has 128 valence electrons. The van der Waals surface area contributed by atoms with Crippen molar-refractivity contribution in [3.63, 3.8) is 0 Å². The Labute approximate surface area is 141 Å². The van der Waals surface area contributed by atoms with E-state index in [0.29, 0.717) is 12.3 Å². The zero-order valence-corrected chi connectivity index (χ0v) is 14.4. The van der Waals surface area contributed by atoms with Crippen molar-refractivity contribution in [1.29, 1.82) is 0 Å². The fourth-order valence-corrected chi connectivity index (χ4v) is 3.19. The van der Waals surface area contributed by atoms with Gasteiger partial charge in [0, 0.05) is 13.1 Å². The molecule has 0 saturated heterocycles. The van der Waals surface area contributed by atoms with Crippen LogP contribution in [0.4, 0.5) is 0 Å². The molecule has 0 aliphatic rings. The molecule has 0 aliphatic heterocycles. The largest absolute Gasteiger partial charge is 0.496 e. The van der Waals surface area contributed by atoms with Crippen molar-refractivity contribution in [1.82, 2.24) is 10.0 Å². The summed E-state index contributed by atoms with van der Waals surface area (Å²) in [5.41, 5.74) is 1.03. The molecule has 2 N–H and O–H groups in total. The van der Waals surface area contributed by atoms with Crippen molar-refractivity contribution in [3.05, 3.63) is 59.7 Å². The maximum atomic E-state index is 12.5. The molecule has 2 aromatic rings. The lowest BCUT2D eigenvalue weighted by atomic mass is 10.2. The first-order chi connectivity index (χ1) is 11.5. The Morgan fingerprint density at radius 3 is 2.46 bits per heavy atom.